The molecule has 0 unspecified atom stereocenters. The standard InChI is InChI=1S/C21H22N4O4/c1-3-28-17-10-6-15(7-11-17)22-21(26)20-18-13-29-19(12-25(18)24-23-20)14-4-8-16(27-2)9-5-14/h4-11,19H,3,12-13H2,1-2H3,(H,22,26)/t19-/m0/s1. The van der Waals surface area contributed by atoms with Gasteiger partial charge in [0.1, 0.15) is 17.6 Å². The number of carbonyl (C=O) groups excluding carboxylic acids is 1. The van der Waals surface area contributed by atoms with E-state index in [1.165, 1.54) is 0 Å². The topological polar surface area (TPSA) is 87.5 Å². The summed E-state index contributed by atoms with van der Waals surface area (Å²) in [4.78, 5) is 12.7. The van der Waals surface area contributed by atoms with Crippen molar-refractivity contribution in [3.8, 4) is 11.5 Å². The maximum absolute atomic E-state index is 12.7. The molecule has 3 aromatic rings. The van der Waals surface area contributed by atoms with Gasteiger partial charge in [-0.3, -0.25) is 4.79 Å². The van der Waals surface area contributed by atoms with Gasteiger partial charge in [0.25, 0.3) is 5.91 Å². The first-order chi connectivity index (χ1) is 14.2. The van der Waals surface area contributed by atoms with Crippen molar-refractivity contribution >= 4 is 11.6 Å². The average molecular weight is 394 g/mol. The van der Waals surface area contributed by atoms with Crippen LogP contribution in [0.1, 0.15) is 34.8 Å². The van der Waals surface area contributed by atoms with Gasteiger partial charge in [0.15, 0.2) is 5.69 Å². The minimum absolute atomic E-state index is 0.155. The van der Waals surface area contributed by atoms with Gasteiger partial charge in [0.2, 0.25) is 0 Å². The van der Waals surface area contributed by atoms with E-state index in [0.717, 1.165) is 17.1 Å². The first-order valence-electron chi connectivity index (χ1n) is 9.40. The van der Waals surface area contributed by atoms with Crippen LogP contribution < -0.4 is 14.8 Å². The summed E-state index contributed by atoms with van der Waals surface area (Å²) < 4.78 is 18.3. The highest BCUT2D eigenvalue weighted by atomic mass is 16.5. The monoisotopic (exact) mass is 394 g/mol. The van der Waals surface area contributed by atoms with Crippen LogP contribution in [-0.4, -0.2) is 34.6 Å². The minimum atomic E-state index is -0.318. The molecule has 1 aliphatic heterocycles. The molecular formula is C21H22N4O4. The number of ether oxygens (including phenoxy) is 3. The fourth-order valence-electron chi connectivity index (χ4n) is 3.20. The van der Waals surface area contributed by atoms with E-state index in [-0.39, 0.29) is 24.3 Å². The first kappa shape index (κ1) is 18.9. The first-order valence-corrected chi connectivity index (χ1v) is 9.40. The number of benzene rings is 2. The van der Waals surface area contributed by atoms with Gasteiger partial charge in [-0.2, -0.15) is 0 Å². The molecule has 8 heteroatoms. The number of nitrogens with one attached hydrogen (secondary N) is 1. The molecule has 4 rings (SSSR count). The third kappa shape index (κ3) is 4.07. The summed E-state index contributed by atoms with van der Waals surface area (Å²) >= 11 is 0. The fraction of sp³-hybridized carbons (Fsp3) is 0.286. The molecule has 0 radical (unpaired) electrons. The van der Waals surface area contributed by atoms with Gasteiger partial charge in [0.05, 0.1) is 32.6 Å². The average Bonchev–Trinajstić information content (AvgIpc) is 3.19. The molecule has 150 valence electrons. The van der Waals surface area contributed by atoms with Crippen molar-refractivity contribution in [1.82, 2.24) is 15.0 Å². The van der Waals surface area contributed by atoms with Crippen molar-refractivity contribution in [2.24, 2.45) is 0 Å². The summed E-state index contributed by atoms with van der Waals surface area (Å²) in [5, 5.41) is 11.1. The van der Waals surface area contributed by atoms with Gasteiger partial charge >= 0.3 is 0 Å². The van der Waals surface area contributed by atoms with Crippen molar-refractivity contribution in [3.05, 3.63) is 65.5 Å². The van der Waals surface area contributed by atoms with Crippen LogP contribution in [0.3, 0.4) is 0 Å². The smallest absolute Gasteiger partial charge is 0.278 e. The lowest BCUT2D eigenvalue weighted by Gasteiger charge is -2.24. The predicted octanol–water partition coefficient (Wildman–Crippen LogP) is 3.21. The zero-order chi connectivity index (χ0) is 20.2. The third-order valence-corrected chi connectivity index (χ3v) is 4.72. The molecule has 1 atom stereocenters. The second-order valence-corrected chi connectivity index (χ2v) is 6.55. The van der Waals surface area contributed by atoms with Crippen LogP contribution in [0.5, 0.6) is 11.5 Å². The number of amides is 1. The molecule has 0 saturated heterocycles. The van der Waals surface area contributed by atoms with E-state index in [1.807, 2.05) is 43.3 Å². The Kier molecular flexibility index (Phi) is 5.44. The second kappa shape index (κ2) is 8.32. The van der Waals surface area contributed by atoms with E-state index in [0.29, 0.717) is 24.5 Å². The minimum Gasteiger partial charge on any atom is -0.497 e. The molecule has 0 aliphatic carbocycles. The zero-order valence-electron chi connectivity index (χ0n) is 16.3. The number of anilines is 1. The maximum atomic E-state index is 12.7. The predicted molar refractivity (Wildman–Crippen MR) is 106 cm³/mol. The number of fused-ring (bicyclic) bond motifs is 1. The van der Waals surface area contributed by atoms with E-state index in [4.69, 9.17) is 14.2 Å². The molecule has 1 aromatic heterocycles. The molecule has 1 N–H and O–H groups in total. The molecule has 0 saturated carbocycles. The largest absolute Gasteiger partial charge is 0.497 e. The lowest BCUT2D eigenvalue weighted by Crippen LogP contribution is -2.24. The van der Waals surface area contributed by atoms with Crippen molar-refractivity contribution in [2.75, 3.05) is 19.0 Å². The number of aromatic nitrogens is 3. The van der Waals surface area contributed by atoms with E-state index in [9.17, 15) is 4.79 Å². The summed E-state index contributed by atoms with van der Waals surface area (Å²) in [7, 11) is 1.63. The highest BCUT2D eigenvalue weighted by Crippen LogP contribution is 2.28. The zero-order valence-corrected chi connectivity index (χ0v) is 16.3. The lowest BCUT2D eigenvalue weighted by molar-refractivity contribution is -0.00173. The van der Waals surface area contributed by atoms with E-state index in [1.54, 1.807) is 23.9 Å². The van der Waals surface area contributed by atoms with Crippen LogP contribution in [0, 0.1) is 0 Å². The Labute approximate surface area is 168 Å². The molecule has 8 nitrogen and oxygen atoms in total. The summed E-state index contributed by atoms with van der Waals surface area (Å²) in [6.45, 7) is 3.27. The lowest BCUT2D eigenvalue weighted by atomic mass is 10.1. The Hall–Kier alpha value is -3.39. The van der Waals surface area contributed by atoms with E-state index >= 15 is 0 Å². The molecule has 0 bridgehead atoms. The molecule has 2 heterocycles. The molecule has 1 amide bonds. The normalized spacial score (nSPS) is 15.4. The second-order valence-electron chi connectivity index (χ2n) is 6.55. The van der Waals surface area contributed by atoms with Crippen molar-refractivity contribution < 1.29 is 19.0 Å². The van der Waals surface area contributed by atoms with Crippen LogP contribution in [0.2, 0.25) is 0 Å². The molecular weight excluding hydrogens is 372 g/mol. The summed E-state index contributed by atoms with van der Waals surface area (Å²) in [5.41, 5.74) is 2.62. The van der Waals surface area contributed by atoms with Crippen LogP contribution in [0.4, 0.5) is 5.69 Å². The van der Waals surface area contributed by atoms with Crippen LogP contribution >= 0.6 is 0 Å². The third-order valence-electron chi connectivity index (χ3n) is 4.72. The summed E-state index contributed by atoms with van der Waals surface area (Å²) in [6, 6.07) is 14.9. The number of hydrogen-bond donors (Lipinski definition) is 1. The van der Waals surface area contributed by atoms with Crippen LogP contribution in [0.15, 0.2) is 48.5 Å². The summed E-state index contributed by atoms with van der Waals surface area (Å²) in [6.07, 6.45) is -0.155. The molecule has 1 aliphatic rings. The fourth-order valence-corrected chi connectivity index (χ4v) is 3.20. The van der Waals surface area contributed by atoms with Gasteiger partial charge in [-0.1, -0.05) is 17.3 Å². The molecule has 29 heavy (non-hydrogen) atoms. The number of carbonyl (C=O) groups is 1. The quantitative estimate of drug-likeness (QED) is 0.691. The van der Waals surface area contributed by atoms with E-state index < -0.39 is 0 Å². The van der Waals surface area contributed by atoms with E-state index in [2.05, 4.69) is 15.6 Å². The van der Waals surface area contributed by atoms with Gasteiger partial charge in [-0.15, -0.1) is 5.10 Å². The van der Waals surface area contributed by atoms with Gasteiger partial charge < -0.3 is 19.5 Å². The maximum Gasteiger partial charge on any atom is 0.278 e. The molecule has 0 fully saturated rings. The number of methoxy groups -OCH3 is 1. The van der Waals surface area contributed by atoms with Gasteiger partial charge in [-0.05, 0) is 48.9 Å². The Morgan fingerprint density at radius 2 is 1.90 bits per heavy atom. The highest BCUT2D eigenvalue weighted by Gasteiger charge is 2.27. The van der Waals surface area contributed by atoms with Crippen LogP contribution in [-0.2, 0) is 17.9 Å². The summed E-state index contributed by atoms with van der Waals surface area (Å²) in [5.74, 6) is 1.23. The Bertz CT molecular complexity index is 983. The Morgan fingerprint density at radius 1 is 1.17 bits per heavy atom. The number of rotatable bonds is 6. The van der Waals surface area contributed by atoms with Crippen molar-refractivity contribution in [3.63, 3.8) is 0 Å². The Morgan fingerprint density at radius 3 is 2.59 bits per heavy atom. The van der Waals surface area contributed by atoms with Gasteiger partial charge in [-0.25, -0.2) is 4.68 Å². The molecule has 2 aromatic carbocycles. The van der Waals surface area contributed by atoms with Crippen molar-refractivity contribution in [2.45, 2.75) is 26.2 Å². The highest BCUT2D eigenvalue weighted by molar-refractivity contribution is 6.03. The SMILES string of the molecule is CCOc1ccc(NC(=O)c2nnn3c2CO[C@H](c2ccc(OC)cc2)C3)cc1. The number of nitrogens with zero attached hydrogens (tertiary/aromatic N) is 3. The van der Waals surface area contributed by atoms with Crippen LogP contribution in [0.25, 0.3) is 0 Å². The van der Waals surface area contributed by atoms with Crippen molar-refractivity contribution in [1.29, 1.82) is 0 Å². The number of hydrogen-bond acceptors (Lipinski definition) is 6. The Balaban J connectivity index is 1.45. The van der Waals surface area contributed by atoms with Gasteiger partial charge in [0, 0.05) is 5.69 Å². The molecule has 0 spiro atoms.